The van der Waals surface area contributed by atoms with E-state index in [9.17, 15) is 4.79 Å². The van der Waals surface area contributed by atoms with Crippen molar-refractivity contribution < 1.29 is 19.4 Å². The number of benzene rings is 2. The van der Waals surface area contributed by atoms with E-state index in [1.54, 1.807) is 30.3 Å². The van der Waals surface area contributed by atoms with Crippen LogP contribution in [0.1, 0.15) is 21.5 Å². The standard InChI is InChI=1S/C16H13NO4/c1-20-14-4-2-3-13(9-17)15(14)21-10-11-5-7-12(8-6-11)16(18)19/h2-8H,10H2,1H3,(H,18,19). The zero-order chi connectivity index (χ0) is 15.2. The molecule has 0 aliphatic rings. The van der Waals surface area contributed by atoms with Crippen molar-refractivity contribution in [1.29, 1.82) is 5.26 Å². The molecule has 0 atom stereocenters. The number of nitriles is 1. The summed E-state index contributed by atoms with van der Waals surface area (Å²) >= 11 is 0. The average molecular weight is 283 g/mol. The number of carboxylic acid groups (broad SMARTS) is 1. The van der Waals surface area contributed by atoms with Crippen LogP contribution >= 0.6 is 0 Å². The molecule has 5 heteroatoms. The summed E-state index contributed by atoms with van der Waals surface area (Å²) in [4.78, 5) is 10.8. The summed E-state index contributed by atoms with van der Waals surface area (Å²) in [5, 5.41) is 17.9. The molecule has 0 aliphatic heterocycles. The third-order valence-corrected chi connectivity index (χ3v) is 2.90. The number of hydrogen-bond acceptors (Lipinski definition) is 4. The zero-order valence-electron chi connectivity index (χ0n) is 11.4. The van der Waals surface area contributed by atoms with Gasteiger partial charge in [0.2, 0.25) is 0 Å². The summed E-state index contributed by atoms with van der Waals surface area (Å²) in [5.41, 5.74) is 1.40. The number of rotatable bonds is 5. The average Bonchev–Trinajstić information content (AvgIpc) is 2.52. The fourth-order valence-electron chi connectivity index (χ4n) is 1.81. The number of nitrogens with zero attached hydrogens (tertiary/aromatic N) is 1. The molecule has 0 aliphatic carbocycles. The highest BCUT2D eigenvalue weighted by molar-refractivity contribution is 5.87. The molecule has 0 bridgehead atoms. The highest BCUT2D eigenvalue weighted by atomic mass is 16.5. The van der Waals surface area contributed by atoms with Gasteiger partial charge in [-0.15, -0.1) is 0 Å². The Bertz CT molecular complexity index is 686. The van der Waals surface area contributed by atoms with E-state index < -0.39 is 5.97 Å². The van der Waals surface area contributed by atoms with Gasteiger partial charge < -0.3 is 14.6 Å². The van der Waals surface area contributed by atoms with Crippen LogP contribution in [0.2, 0.25) is 0 Å². The van der Waals surface area contributed by atoms with Crippen LogP contribution in [0.25, 0.3) is 0 Å². The molecule has 2 rings (SSSR count). The highest BCUT2D eigenvalue weighted by Gasteiger charge is 2.10. The molecule has 0 unspecified atom stereocenters. The van der Waals surface area contributed by atoms with E-state index in [-0.39, 0.29) is 12.2 Å². The van der Waals surface area contributed by atoms with Crippen LogP contribution in [0.15, 0.2) is 42.5 Å². The first-order valence-corrected chi connectivity index (χ1v) is 6.18. The first-order chi connectivity index (χ1) is 10.2. The van der Waals surface area contributed by atoms with E-state index in [2.05, 4.69) is 0 Å². The monoisotopic (exact) mass is 283 g/mol. The number of methoxy groups -OCH3 is 1. The zero-order valence-corrected chi connectivity index (χ0v) is 11.4. The number of carboxylic acids is 1. The Morgan fingerprint density at radius 2 is 1.95 bits per heavy atom. The summed E-state index contributed by atoms with van der Waals surface area (Å²) < 4.78 is 10.8. The second-order valence-corrected chi connectivity index (χ2v) is 4.24. The molecule has 0 aromatic heterocycles. The number of hydrogen-bond donors (Lipinski definition) is 1. The quantitative estimate of drug-likeness (QED) is 0.912. The molecule has 0 amide bonds. The van der Waals surface area contributed by atoms with Gasteiger partial charge >= 0.3 is 5.97 Å². The fraction of sp³-hybridized carbons (Fsp3) is 0.125. The van der Waals surface area contributed by atoms with Gasteiger partial charge in [-0.05, 0) is 29.8 Å². The van der Waals surface area contributed by atoms with E-state index in [0.29, 0.717) is 17.1 Å². The predicted molar refractivity (Wildman–Crippen MR) is 75.4 cm³/mol. The molecule has 1 N–H and O–H groups in total. The minimum atomic E-state index is -0.973. The summed E-state index contributed by atoms with van der Waals surface area (Å²) in [7, 11) is 1.50. The number of ether oxygens (including phenoxy) is 2. The van der Waals surface area contributed by atoms with Crippen molar-refractivity contribution in [3.05, 3.63) is 59.2 Å². The van der Waals surface area contributed by atoms with Crippen LogP contribution in [-0.2, 0) is 6.61 Å². The second kappa shape index (κ2) is 6.44. The van der Waals surface area contributed by atoms with Gasteiger partial charge in [0, 0.05) is 0 Å². The lowest BCUT2D eigenvalue weighted by molar-refractivity contribution is 0.0697. The Balaban J connectivity index is 2.16. The maximum atomic E-state index is 10.8. The van der Waals surface area contributed by atoms with Crippen LogP contribution in [0.5, 0.6) is 11.5 Å². The van der Waals surface area contributed by atoms with E-state index in [1.165, 1.54) is 19.2 Å². The first-order valence-electron chi connectivity index (χ1n) is 6.18. The van der Waals surface area contributed by atoms with E-state index in [0.717, 1.165) is 5.56 Å². The Labute approximate surface area is 122 Å². The maximum Gasteiger partial charge on any atom is 0.335 e. The summed E-state index contributed by atoms with van der Waals surface area (Å²) in [6.45, 7) is 0.217. The maximum absolute atomic E-state index is 10.8. The van der Waals surface area contributed by atoms with Crippen LogP contribution < -0.4 is 9.47 Å². The lowest BCUT2D eigenvalue weighted by Gasteiger charge is -2.12. The lowest BCUT2D eigenvalue weighted by atomic mass is 10.1. The van der Waals surface area contributed by atoms with Crippen molar-refractivity contribution in [2.24, 2.45) is 0 Å². The molecular formula is C16H13NO4. The summed E-state index contributed by atoms with van der Waals surface area (Å²) in [6, 6.07) is 13.5. The van der Waals surface area contributed by atoms with Gasteiger partial charge in [0.1, 0.15) is 12.7 Å². The Hall–Kier alpha value is -3.00. The molecule has 5 nitrogen and oxygen atoms in total. The van der Waals surface area contributed by atoms with Crippen LogP contribution in [0, 0.1) is 11.3 Å². The minimum absolute atomic E-state index is 0.216. The molecule has 2 aromatic rings. The highest BCUT2D eigenvalue weighted by Crippen LogP contribution is 2.31. The van der Waals surface area contributed by atoms with E-state index >= 15 is 0 Å². The van der Waals surface area contributed by atoms with Crippen LogP contribution in [0.4, 0.5) is 0 Å². The number of para-hydroxylation sites is 1. The molecule has 21 heavy (non-hydrogen) atoms. The number of aromatic carboxylic acids is 1. The summed E-state index contributed by atoms with van der Waals surface area (Å²) in [5.74, 6) is -0.111. The van der Waals surface area contributed by atoms with Gasteiger partial charge in [0.25, 0.3) is 0 Å². The molecule has 0 heterocycles. The number of carbonyl (C=O) groups is 1. The van der Waals surface area contributed by atoms with Gasteiger partial charge in [-0.1, -0.05) is 18.2 Å². The first kappa shape index (κ1) is 14.4. The lowest BCUT2D eigenvalue weighted by Crippen LogP contribution is -2.01. The van der Waals surface area contributed by atoms with Crippen molar-refractivity contribution in [3.63, 3.8) is 0 Å². The van der Waals surface area contributed by atoms with Crippen molar-refractivity contribution in [2.75, 3.05) is 7.11 Å². The van der Waals surface area contributed by atoms with Crippen molar-refractivity contribution in [3.8, 4) is 17.6 Å². The second-order valence-electron chi connectivity index (χ2n) is 4.24. The van der Waals surface area contributed by atoms with Crippen LogP contribution in [0.3, 0.4) is 0 Å². The topological polar surface area (TPSA) is 79.5 Å². The normalized spacial score (nSPS) is 9.71. The van der Waals surface area contributed by atoms with Gasteiger partial charge in [-0.3, -0.25) is 0 Å². The van der Waals surface area contributed by atoms with Gasteiger partial charge in [0.05, 0.1) is 18.2 Å². The van der Waals surface area contributed by atoms with E-state index in [1.807, 2.05) is 6.07 Å². The molecule has 106 valence electrons. The summed E-state index contributed by atoms with van der Waals surface area (Å²) in [6.07, 6.45) is 0. The fourth-order valence-corrected chi connectivity index (χ4v) is 1.81. The predicted octanol–water partition coefficient (Wildman–Crippen LogP) is 2.84. The Morgan fingerprint density at radius 3 is 2.52 bits per heavy atom. The SMILES string of the molecule is COc1cccc(C#N)c1OCc1ccc(C(=O)O)cc1. The minimum Gasteiger partial charge on any atom is -0.493 e. The Kier molecular flexibility index (Phi) is 4.42. The largest absolute Gasteiger partial charge is 0.493 e. The van der Waals surface area contributed by atoms with Crippen molar-refractivity contribution in [1.82, 2.24) is 0 Å². The van der Waals surface area contributed by atoms with Gasteiger partial charge in [-0.25, -0.2) is 4.79 Å². The van der Waals surface area contributed by atoms with E-state index in [4.69, 9.17) is 19.8 Å². The van der Waals surface area contributed by atoms with Gasteiger partial charge in [-0.2, -0.15) is 5.26 Å². The molecule has 0 radical (unpaired) electrons. The molecule has 0 saturated carbocycles. The molecule has 0 spiro atoms. The molecular weight excluding hydrogens is 270 g/mol. The van der Waals surface area contributed by atoms with Crippen LogP contribution in [-0.4, -0.2) is 18.2 Å². The third kappa shape index (κ3) is 3.31. The van der Waals surface area contributed by atoms with Gasteiger partial charge in [0.15, 0.2) is 11.5 Å². The molecule has 0 saturated heterocycles. The van der Waals surface area contributed by atoms with Crippen molar-refractivity contribution in [2.45, 2.75) is 6.61 Å². The molecule has 2 aromatic carbocycles. The van der Waals surface area contributed by atoms with Crippen molar-refractivity contribution >= 4 is 5.97 Å². The smallest absolute Gasteiger partial charge is 0.335 e. The third-order valence-electron chi connectivity index (χ3n) is 2.90. The molecule has 0 fully saturated rings. The Morgan fingerprint density at radius 1 is 1.24 bits per heavy atom.